The summed E-state index contributed by atoms with van der Waals surface area (Å²) < 4.78 is 11.2. The number of hydrogen-bond donors (Lipinski definition) is 0. The first kappa shape index (κ1) is 16.7. The predicted molar refractivity (Wildman–Crippen MR) is 84.1 cm³/mol. The van der Waals surface area contributed by atoms with E-state index in [0.717, 1.165) is 12.1 Å². The summed E-state index contributed by atoms with van der Waals surface area (Å²) in [5.41, 5.74) is 1.73. The normalized spacial score (nSPS) is 13.6. The molecule has 0 radical (unpaired) electrons. The molecule has 0 spiro atoms. The number of hydrogen-bond acceptors (Lipinski definition) is 3. The Morgan fingerprint density at radius 2 is 2.00 bits per heavy atom. The van der Waals surface area contributed by atoms with Crippen LogP contribution < -0.4 is 0 Å². The van der Waals surface area contributed by atoms with E-state index in [1.54, 1.807) is 6.92 Å². The van der Waals surface area contributed by atoms with E-state index in [1.165, 1.54) is 5.56 Å². The molecule has 3 nitrogen and oxygen atoms in total. The predicted octanol–water partition coefficient (Wildman–Crippen LogP) is 3.04. The Hall–Kier alpha value is -1.39. The van der Waals surface area contributed by atoms with Crippen LogP contribution in [0, 0.1) is 0 Å². The highest BCUT2D eigenvalue weighted by atomic mass is 28.3. The fourth-order valence-electron chi connectivity index (χ4n) is 2.02. The largest absolute Gasteiger partial charge is 0.460 e. The molecule has 0 saturated carbocycles. The van der Waals surface area contributed by atoms with Crippen molar-refractivity contribution in [3.63, 3.8) is 0 Å². The van der Waals surface area contributed by atoms with Gasteiger partial charge in [0.25, 0.3) is 0 Å². The van der Waals surface area contributed by atoms with Gasteiger partial charge in [-0.25, -0.2) is 4.79 Å². The minimum atomic E-state index is -1.42. The molecule has 0 bridgehead atoms. The first-order chi connectivity index (χ1) is 9.52. The van der Waals surface area contributed by atoms with Crippen LogP contribution in [0.1, 0.15) is 26.3 Å². The molecular weight excluding hydrogens is 268 g/mol. The summed E-state index contributed by atoms with van der Waals surface area (Å²) in [6.45, 7) is 9.90. The van der Waals surface area contributed by atoms with Gasteiger partial charge in [-0.1, -0.05) is 36.9 Å². The third kappa shape index (κ3) is 6.17. The van der Waals surface area contributed by atoms with E-state index in [0.29, 0.717) is 12.2 Å². The maximum Gasteiger partial charge on any atom is 0.333 e. The zero-order chi connectivity index (χ0) is 15.0. The van der Waals surface area contributed by atoms with Crippen molar-refractivity contribution < 1.29 is 14.0 Å². The van der Waals surface area contributed by atoms with Crippen LogP contribution in [0.4, 0.5) is 0 Å². The van der Waals surface area contributed by atoms with Crippen molar-refractivity contribution >= 4 is 15.0 Å². The number of ether oxygens (including phenoxy) is 1. The van der Waals surface area contributed by atoms with Crippen molar-refractivity contribution in [2.45, 2.75) is 39.0 Å². The summed E-state index contributed by atoms with van der Waals surface area (Å²) in [6, 6.07) is 12.1. The zero-order valence-corrected chi connectivity index (χ0v) is 13.7. The Kier molecular flexibility index (Phi) is 7.26. The number of rotatable bonds is 8. The van der Waals surface area contributed by atoms with Gasteiger partial charge in [0, 0.05) is 18.2 Å². The van der Waals surface area contributed by atoms with Crippen LogP contribution in [-0.4, -0.2) is 27.7 Å². The van der Waals surface area contributed by atoms with Gasteiger partial charge < -0.3 is 9.16 Å². The van der Waals surface area contributed by atoms with Crippen molar-refractivity contribution in [2.75, 3.05) is 6.61 Å². The van der Waals surface area contributed by atoms with Gasteiger partial charge in [0.05, 0.1) is 6.10 Å². The van der Waals surface area contributed by atoms with Gasteiger partial charge >= 0.3 is 5.97 Å². The molecule has 0 heterocycles. The lowest BCUT2D eigenvalue weighted by atomic mass is 10.2. The van der Waals surface area contributed by atoms with Crippen molar-refractivity contribution in [3.8, 4) is 0 Å². The highest BCUT2D eigenvalue weighted by molar-refractivity contribution is 6.51. The first-order valence-electron chi connectivity index (χ1n) is 7.05. The van der Waals surface area contributed by atoms with E-state index in [1.807, 2.05) is 32.0 Å². The Labute approximate surface area is 123 Å². The topological polar surface area (TPSA) is 35.5 Å². The van der Waals surface area contributed by atoms with E-state index in [4.69, 9.17) is 9.16 Å². The van der Waals surface area contributed by atoms with E-state index < -0.39 is 9.04 Å². The highest BCUT2D eigenvalue weighted by Gasteiger charge is 2.19. The summed E-state index contributed by atoms with van der Waals surface area (Å²) in [5, 5.41) is 0. The average molecular weight is 292 g/mol. The van der Waals surface area contributed by atoms with Crippen molar-refractivity contribution in [1.82, 2.24) is 0 Å². The number of carbonyl (C=O) groups is 1. The summed E-state index contributed by atoms with van der Waals surface area (Å²) in [6.07, 6.45) is -0.119. The molecule has 0 aliphatic heterocycles. The molecule has 110 valence electrons. The molecule has 0 amide bonds. The second kappa shape index (κ2) is 8.71. The molecular formula is C16H24O3Si. The standard InChI is InChI=1S/C16H24O3Si/c1-5-18-20(12-15-9-7-6-8-10-15)11-14(4)19-16(17)13(2)3/h6-10,14,20H,2,5,11-12H2,1,3-4H3. The fraction of sp³-hybridized carbons (Fsp3) is 0.438. The van der Waals surface area contributed by atoms with Gasteiger partial charge in [0.15, 0.2) is 9.04 Å². The number of benzene rings is 1. The van der Waals surface area contributed by atoms with Gasteiger partial charge in [-0.3, -0.25) is 0 Å². The molecule has 4 heteroatoms. The number of carbonyl (C=O) groups excluding carboxylic acids is 1. The van der Waals surface area contributed by atoms with Crippen molar-refractivity contribution in [1.29, 1.82) is 0 Å². The van der Waals surface area contributed by atoms with Crippen LogP contribution in [0.3, 0.4) is 0 Å². The van der Waals surface area contributed by atoms with E-state index >= 15 is 0 Å². The summed E-state index contributed by atoms with van der Waals surface area (Å²) >= 11 is 0. The summed E-state index contributed by atoms with van der Waals surface area (Å²) in [5.74, 6) is -0.318. The molecule has 0 aliphatic rings. The van der Waals surface area contributed by atoms with Gasteiger partial charge in [-0.05, 0) is 32.4 Å². The smallest absolute Gasteiger partial charge is 0.333 e. The molecule has 0 fully saturated rings. The summed E-state index contributed by atoms with van der Waals surface area (Å²) in [4.78, 5) is 11.5. The van der Waals surface area contributed by atoms with E-state index in [-0.39, 0.29) is 12.1 Å². The second-order valence-electron chi connectivity index (χ2n) is 5.00. The van der Waals surface area contributed by atoms with E-state index in [9.17, 15) is 4.79 Å². The van der Waals surface area contributed by atoms with Crippen molar-refractivity contribution in [2.24, 2.45) is 0 Å². The second-order valence-corrected chi connectivity index (χ2v) is 7.46. The number of esters is 1. The molecule has 1 aromatic rings. The maximum atomic E-state index is 11.5. The maximum absolute atomic E-state index is 11.5. The molecule has 0 aliphatic carbocycles. The van der Waals surface area contributed by atoms with Crippen LogP contribution >= 0.6 is 0 Å². The molecule has 0 N–H and O–H groups in total. The molecule has 20 heavy (non-hydrogen) atoms. The van der Waals surface area contributed by atoms with Gasteiger partial charge in [0.2, 0.25) is 0 Å². The lowest BCUT2D eigenvalue weighted by molar-refractivity contribution is -0.142. The average Bonchev–Trinajstić information content (AvgIpc) is 2.39. The lowest BCUT2D eigenvalue weighted by Gasteiger charge is -2.20. The van der Waals surface area contributed by atoms with Crippen LogP contribution in [0.25, 0.3) is 0 Å². The van der Waals surface area contributed by atoms with Crippen LogP contribution in [0.5, 0.6) is 0 Å². The van der Waals surface area contributed by atoms with Gasteiger partial charge in [-0.15, -0.1) is 0 Å². The van der Waals surface area contributed by atoms with Crippen LogP contribution in [-0.2, 0) is 20.0 Å². The molecule has 2 unspecified atom stereocenters. The SMILES string of the molecule is C=C(C)C(=O)OC(C)C[SiH](Cc1ccccc1)OCC. The molecule has 2 atom stereocenters. The fourth-order valence-corrected chi connectivity index (χ4v) is 4.55. The lowest BCUT2D eigenvalue weighted by Crippen LogP contribution is -2.28. The van der Waals surface area contributed by atoms with Gasteiger partial charge in [0.1, 0.15) is 0 Å². The van der Waals surface area contributed by atoms with Crippen LogP contribution in [0.2, 0.25) is 6.04 Å². The Bertz CT molecular complexity index is 431. The van der Waals surface area contributed by atoms with E-state index in [2.05, 4.69) is 18.7 Å². The van der Waals surface area contributed by atoms with Crippen LogP contribution in [0.15, 0.2) is 42.5 Å². The molecule has 1 rings (SSSR count). The Morgan fingerprint density at radius 3 is 2.55 bits per heavy atom. The van der Waals surface area contributed by atoms with Crippen molar-refractivity contribution in [3.05, 3.63) is 48.0 Å². The zero-order valence-electron chi connectivity index (χ0n) is 12.6. The minimum absolute atomic E-state index is 0.119. The molecule has 1 aromatic carbocycles. The quantitative estimate of drug-likeness (QED) is 0.420. The third-order valence-electron chi connectivity index (χ3n) is 2.96. The van der Waals surface area contributed by atoms with Gasteiger partial charge in [-0.2, -0.15) is 0 Å². The molecule has 0 saturated heterocycles. The Balaban J connectivity index is 2.54. The third-order valence-corrected chi connectivity index (χ3v) is 5.88. The minimum Gasteiger partial charge on any atom is -0.460 e. The monoisotopic (exact) mass is 292 g/mol. The Morgan fingerprint density at radius 1 is 1.35 bits per heavy atom. The highest BCUT2D eigenvalue weighted by Crippen LogP contribution is 2.12. The first-order valence-corrected chi connectivity index (χ1v) is 9.15. The molecule has 0 aromatic heterocycles. The summed E-state index contributed by atoms with van der Waals surface area (Å²) in [7, 11) is -1.42.